The Bertz CT molecular complexity index is 769. The summed E-state index contributed by atoms with van der Waals surface area (Å²) in [5.74, 6) is 0.0171. The van der Waals surface area contributed by atoms with Gasteiger partial charge in [-0.1, -0.05) is 91.0 Å². The lowest BCUT2D eigenvalue weighted by Crippen LogP contribution is -1.93. The first-order valence-electron chi connectivity index (χ1n) is 7.26. The number of allylic oxidation sites excluding steroid dienone is 1. The van der Waals surface area contributed by atoms with Crippen LogP contribution in [0.15, 0.2) is 91.0 Å². The zero-order chi connectivity index (χ0) is 15.2. The lowest BCUT2D eigenvalue weighted by atomic mass is 10.0. The molecule has 0 fully saturated rings. The van der Waals surface area contributed by atoms with Crippen LogP contribution in [0.1, 0.15) is 15.9 Å². The quantitative estimate of drug-likeness (QED) is 0.472. The number of ketones is 1. The van der Waals surface area contributed by atoms with Crippen LogP contribution in [0.25, 0.3) is 17.2 Å². The van der Waals surface area contributed by atoms with Crippen molar-refractivity contribution in [3.63, 3.8) is 0 Å². The highest BCUT2D eigenvalue weighted by molar-refractivity contribution is 6.07. The van der Waals surface area contributed by atoms with Gasteiger partial charge in [0.15, 0.2) is 5.78 Å². The van der Waals surface area contributed by atoms with E-state index in [0.29, 0.717) is 5.56 Å². The van der Waals surface area contributed by atoms with Crippen LogP contribution in [-0.4, -0.2) is 5.78 Å². The fourth-order valence-electron chi connectivity index (χ4n) is 2.29. The van der Waals surface area contributed by atoms with E-state index in [1.807, 2.05) is 78.9 Å². The molecule has 0 saturated heterocycles. The maximum absolute atomic E-state index is 12.2. The minimum absolute atomic E-state index is 0.0171. The third-order valence-electron chi connectivity index (χ3n) is 3.50. The highest BCUT2D eigenvalue weighted by Crippen LogP contribution is 2.19. The molecule has 1 nitrogen and oxygen atoms in total. The number of hydrogen-bond donors (Lipinski definition) is 0. The second kappa shape index (κ2) is 6.68. The third-order valence-corrected chi connectivity index (χ3v) is 3.50. The summed E-state index contributed by atoms with van der Waals surface area (Å²) in [5, 5.41) is 0. The van der Waals surface area contributed by atoms with Crippen molar-refractivity contribution in [1.29, 1.82) is 0 Å². The molecular formula is C21H16O. The maximum Gasteiger partial charge on any atom is 0.185 e. The van der Waals surface area contributed by atoms with Crippen molar-refractivity contribution in [2.45, 2.75) is 0 Å². The van der Waals surface area contributed by atoms with Crippen LogP contribution in [0, 0.1) is 0 Å². The largest absolute Gasteiger partial charge is 0.289 e. The molecule has 0 amide bonds. The Morgan fingerprint density at radius 1 is 0.636 bits per heavy atom. The minimum atomic E-state index is 0.0171. The molecule has 1 heteroatoms. The molecule has 0 aliphatic carbocycles. The smallest absolute Gasteiger partial charge is 0.185 e. The lowest BCUT2D eigenvalue weighted by molar-refractivity contribution is 0.104. The van der Waals surface area contributed by atoms with E-state index in [1.165, 1.54) is 0 Å². The van der Waals surface area contributed by atoms with E-state index in [4.69, 9.17) is 0 Å². The van der Waals surface area contributed by atoms with Crippen LogP contribution in [0.4, 0.5) is 0 Å². The molecule has 0 atom stereocenters. The average Bonchev–Trinajstić information content (AvgIpc) is 2.61. The number of rotatable bonds is 4. The first-order valence-corrected chi connectivity index (χ1v) is 7.26. The zero-order valence-electron chi connectivity index (χ0n) is 12.1. The number of hydrogen-bond acceptors (Lipinski definition) is 1. The van der Waals surface area contributed by atoms with Crippen molar-refractivity contribution in [3.05, 3.63) is 102 Å². The fraction of sp³-hybridized carbons (Fsp3) is 0. The topological polar surface area (TPSA) is 17.1 Å². The predicted molar refractivity (Wildman–Crippen MR) is 91.7 cm³/mol. The van der Waals surface area contributed by atoms with E-state index in [9.17, 15) is 4.79 Å². The summed E-state index contributed by atoms with van der Waals surface area (Å²) in [5.41, 5.74) is 3.99. The molecule has 0 aliphatic rings. The van der Waals surface area contributed by atoms with E-state index in [-0.39, 0.29) is 5.78 Å². The standard InChI is InChI=1S/C21H16O/c22-21(16-11-17-7-3-1-4-8-17)20-14-12-19(13-15-20)18-9-5-2-6-10-18/h1-16H. The predicted octanol–water partition coefficient (Wildman–Crippen LogP) is 5.25. The Kier molecular flexibility index (Phi) is 4.26. The van der Waals surface area contributed by atoms with Crippen molar-refractivity contribution in [2.24, 2.45) is 0 Å². The highest BCUT2D eigenvalue weighted by atomic mass is 16.1. The van der Waals surface area contributed by atoms with Crippen LogP contribution in [0.2, 0.25) is 0 Å². The van der Waals surface area contributed by atoms with Gasteiger partial charge in [0.1, 0.15) is 0 Å². The maximum atomic E-state index is 12.2. The normalized spacial score (nSPS) is 10.7. The summed E-state index contributed by atoms with van der Waals surface area (Å²) in [7, 11) is 0. The molecule has 106 valence electrons. The molecule has 0 bridgehead atoms. The van der Waals surface area contributed by atoms with Gasteiger partial charge in [0.2, 0.25) is 0 Å². The van der Waals surface area contributed by atoms with E-state index in [2.05, 4.69) is 12.1 Å². The summed E-state index contributed by atoms with van der Waals surface area (Å²) >= 11 is 0. The molecule has 22 heavy (non-hydrogen) atoms. The van der Waals surface area contributed by atoms with Crippen molar-refractivity contribution in [2.75, 3.05) is 0 Å². The van der Waals surface area contributed by atoms with Gasteiger partial charge in [-0.05, 0) is 22.8 Å². The third kappa shape index (κ3) is 3.39. The first-order chi connectivity index (χ1) is 10.8. The van der Waals surface area contributed by atoms with Gasteiger partial charge < -0.3 is 0 Å². The van der Waals surface area contributed by atoms with Crippen LogP contribution >= 0.6 is 0 Å². The fourth-order valence-corrected chi connectivity index (χ4v) is 2.29. The van der Waals surface area contributed by atoms with Crippen LogP contribution in [0.3, 0.4) is 0 Å². The SMILES string of the molecule is O=C(C=Cc1ccccc1)c1ccc(-c2ccccc2)cc1. The van der Waals surface area contributed by atoms with Crippen LogP contribution < -0.4 is 0 Å². The average molecular weight is 284 g/mol. The van der Waals surface area contributed by atoms with Crippen molar-refractivity contribution < 1.29 is 4.79 Å². The van der Waals surface area contributed by atoms with Gasteiger partial charge in [-0.3, -0.25) is 4.79 Å². The molecule has 0 aromatic heterocycles. The Morgan fingerprint density at radius 2 is 1.18 bits per heavy atom. The molecule has 0 radical (unpaired) electrons. The summed E-state index contributed by atoms with van der Waals surface area (Å²) in [6, 6.07) is 27.7. The molecule has 3 aromatic rings. The van der Waals surface area contributed by atoms with Gasteiger partial charge >= 0.3 is 0 Å². The van der Waals surface area contributed by atoms with Gasteiger partial charge in [-0.2, -0.15) is 0 Å². The van der Waals surface area contributed by atoms with E-state index < -0.39 is 0 Å². The number of carbonyl (C=O) groups is 1. The molecule has 0 heterocycles. The Labute approximate surface area is 130 Å². The number of benzene rings is 3. The van der Waals surface area contributed by atoms with Crippen molar-refractivity contribution in [1.82, 2.24) is 0 Å². The second-order valence-electron chi connectivity index (χ2n) is 5.05. The summed E-state index contributed by atoms with van der Waals surface area (Å²) in [6.07, 6.45) is 3.46. The molecule has 0 saturated carbocycles. The van der Waals surface area contributed by atoms with Crippen molar-refractivity contribution in [3.8, 4) is 11.1 Å². The van der Waals surface area contributed by atoms with Gasteiger partial charge in [0, 0.05) is 5.56 Å². The van der Waals surface area contributed by atoms with E-state index >= 15 is 0 Å². The van der Waals surface area contributed by atoms with E-state index in [0.717, 1.165) is 16.7 Å². The van der Waals surface area contributed by atoms with Crippen molar-refractivity contribution >= 4 is 11.9 Å². The molecular weight excluding hydrogens is 268 g/mol. The molecule has 0 unspecified atom stereocenters. The molecule has 3 rings (SSSR count). The van der Waals surface area contributed by atoms with Gasteiger partial charge in [0.05, 0.1) is 0 Å². The van der Waals surface area contributed by atoms with Gasteiger partial charge in [-0.25, -0.2) is 0 Å². The monoisotopic (exact) mass is 284 g/mol. The Morgan fingerprint density at radius 3 is 1.82 bits per heavy atom. The Hall–Kier alpha value is -2.93. The summed E-state index contributed by atoms with van der Waals surface area (Å²) in [6.45, 7) is 0. The second-order valence-corrected chi connectivity index (χ2v) is 5.05. The minimum Gasteiger partial charge on any atom is -0.289 e. The lowest BCUT2D eigenvalue weighted by Gasteiger charge is -2.02. The highest BCUT2D eigenvalue weighted by Gasteiger charge is 2.02. The summed E-state index contributed by atoms with van der Waals surface area (Å²) in [4.78, 5) is 12.2. The van der Waals surface area contributed by atoms with Crippen LogP contribution in [0.5, 0.6) is 0 Å². The Balaban J connectivity index is 1.75. The molecule has 0 N–H and O–H groups in total. The first kappa shape index (κ1) is 14.0. The molecule has 3 aromatic carbocycles. The number of carbonyl (C=O) groups excluding carboxylic acids is 1. The molecule has 0 aliphatic heterocycles. The van der Waals surface area contributed by atoms with Gasteiger partial charge in [0.25, 0.3) is 0 Å². The van der Waals surface area contributed by atoms with E-state index in [1.54, 1.807) is 6.08 Å². The van der Waals surface area contributed by atoms with Gasteiger partial charge in [-0.15, -0.1) is 0 Å². The summed E-state index contributed by atoms with van der Waals surface area (Å²) < 4.78 is 0. The zero-order valence-corrected chi connectivity index (χ0v) is 12.1. The van der Waals surface area contributed by atoms with Crippen LogP contribution in [-0.2, 0) is 0 Å². The molecule has 0 spiro atoms.